The number of aryl methyl sites for hydroxylation is 2. The van der Waals surface area contributed by atoms with Gasteiger partial charge in [0.1, 0.15) is 0 Å². The van der Waals surface area contributed by atoms with Crippen LogP contribution in [0.2, 0.25) is 10.0 Å². The highest BCUT2D eigenvalue weighted by Gasteiger charge is 2.43. The highest BCUT2D eigenvalue weighted by Crippen LogP contribution is 2.50. The minimum absolute atomic E-state index is 0.0697. The Labute approximate surface area is 239 Å². The first-order valence-corrected chi connectivity index (χ1v) is 14.2. The van der Waals surface area contributed by atoms with E-state index in [0.29, 0.717) is 36.1 Å². The maximum absolute atomic E-state index is 13.3. The molecule has 2 aromatic carbocycles. The molecule has 1 N–H and O–H groups in total. The molecular formula is C31H32Cl2N2O4. The molecule has 0 saturated carbocycles. The largest absolute Gasteiger partial charge is 0.481 e. The average molecular weight is 568 g/mol. The Kier molecular flexibility index (Phi) is 7.88. The normalized spacial score (nSPS) is 17.8. The number of carbonyl (C=O) groups is 3. The second-order valence-electron chi connectivity index (χ2n) is 10.4. The van der Waals surface area contributed by atoms with Crippen LogP contribution < -0.4 is 10.1 Å². The van der Waals surface area contributed by atoms with Gasteiger partial charge in [0.05, 0.1) is 10.0 Å². The van der Waals surface area contributed by atoms with Crippen LogP contribution in [0.25, 0.3) is 0 Å². The number of carbonyl (C=O) groups excluding carboxylic acids is 3. The Morgan fingerprint density at radius 2 is 1.54 bits per heavy atom. The second kappa shape index (κ2) is 11.2. The number of benzene rings is 2. The summed E-state index contributed by atoms with van der Waals surface area (Å²) >= 11 is 13.3. The first kappa shape index (κ1) is 27.5. The number of amides is 1. The van der Waals surface area contributed by atoms with E-state index in [9.17, 15) is 14.4 Å². The lowest BCUT2D eigenvalue weighted by Gasteiger charge is -2.43. The van der Waals surface area contributed by atoms with E-state index in [1.807, 2.05) is 32.0 Å². The summed E-state index contributed by atoms with van der Waals surface area (Å²) in [6.45, 7) is 6.37. The number of anilines is 1. The molecule has 204 valence electrons. The van der Waals surface area contributed by atoms with Gasteiger partial charge in [-0.2, -0.15) is 0 Å². The average Bonchev–Trinajstić information content (AvgIpc) is 2.89. The topological polar surface area (TPSA) is 75.7 Å². The molecule has 1 heterocycles. The van der Waals surface area contributed by atoms with Crippen LogP contribution in [-0.2, 0) is 14.4 Å². The standard InChI is InChI=1S/C31H32Cl2N2O4/c1-4-35-23-7-5-9-25(36)29(23)28(30-24(35)8-6-10-26(30)37)19-14-20(32)31(21(33)15-19)39-16-27(38)34-22-13-17(2)11-12-18(22)3/h11-15,28H,4-10,16H2,1-3H3,(H,34,38). The van der Waals surface area contributed by atoms with Gasteiger partial charge in [0.2, 0.25) is 0 Å². The van der Waals surface area contributed by atoms with Crippen molar-refractivity contribution in [1.82, 2.24) is 4.90 Å². The van der Waals surface area contributed by atoms with Crippen molar-refractivity contribution in [3.05, 3.63) is 79.6 Å². The Morgan fingerprint density at radius 1 is 0.949 bits per heavy atom. The predicted octanol–water partition coefficient (Wildman–Crippen LogP) is 7.06. The molecule has 6 nitrogen and oxygen atoms in total. The monoisotopic (exact) mass is 566 g/mol. The third-order valence-corrected chi connectivity index (χ3v) is 8.33. The number of nitrogens with one attached hydrogen (secondary N) is 1. The van der Waals surface area contributed by atoms with E-state index in [-0.39, 0.29) is 39.9 Å². The molecule has 0 aromatic heterocycles. The van der Waals surface area contributed by atoms with Crippen molar-refractivity contribution >= 4 is 46.4 Å². The van der Waals surface area contributed by atoms with Crippen molar-refractivity contribution in [2.75, 3.05) is 18.5 Å². The lowest BCUT2D eigenvalue weighted by molar-refractivity contribution is -0.118. The molecule has 5 rings (SSSR count). The molecule has 3 aliphatic rings. The van der Waals surface area contributed by atoms with E-state index in [0.717, 1.165) is 53.9 Å². The van der Waals surface area contributed by atoms with E-state index < -0.39 is 5.92 Å². The van der Waals surface area contributed by atoms with Gasteiger partial charge in [-0.25, -0.2) is 0 Å². The van der Waals surface area contributed by atoms with Crippen LogP contribution in [-0.4, -0.2) is 35.5 Å². The number of hydrogen-bond donors (Lipinski definition) is 1. The highest BCUT2D eigenvalue weighted by molar-refractivity contribution is 6.37. The van der Waals surface area contributed by atoms with Crippen molar-refractivity contribution in [3.8, 4) is 5.75 Å². The molecule has 0 fully saturated rings. The third-order valence-electron chi connectivity index (χ3n) is 7.77. The summed E-state index contributed by atoms with van der Waals surface area (Å²) in [7, 11) is 0. The van der Waals surface area contributed by atoms with E-state index in [1.54, 1.807) is 12.1 Å². The van der Waals surface area contributed by atoms with Crippen LogP contribution in [0.15, 0.2) is 52.9 Å². The minimum Gasteiger partial charge on any atom is -0.481 e. The number of rotatable bonds is 6. The van der Waals surface area contributed by atoms with Crippen molar-refractivity contribution in [1.29, 1.82) is 0 Å². The summed E-state index contributed by atoms with van der Waals surface area (Å²) in [5.41, 5.74) is 6.80. The van der Waals surface area contributed by atoms with Gasteiger partial charge < -0.3 is 15.0 Å². The summed E-state index contributed by atoms with van der Waals surface area (Å²) in [5.74, 6) is -0.509. The second-order valence-corrected chi connectivity index (χ2v) is 11.2. The minimum atomic E-state index is -0.505. The zero-order chi connectivity index (χ0) is 27.8. The summed E-state index contributed by atoms with van der Waals surface area (Å²) in [6.07, 6.45) is 4.12. The maximum Gasteiger partial charge on any atom is 0.262 e. The van der Waals surface area contributed by atoms with Gasteiger partial charge in [-0.3, -0.25) is 14.4 Å². The number of Topliss-reactive ketones (excluding diaryl/α,β-unsaturated/α-hetero) is 2. The molecule has 0 bridgehead atoms. The number of nitrogens with zero attached hydrogens (tertiary/aromatic N) is 1. The van der Waals surface area contributed by atoms with Crippen LogP contribution in [0.1, 0.15) is 68.1 Å². The fraction of sp³-hybridized carbons (Fsp3) is 0.387. The maximum atomic E-state index is 13.3. The van der Waals surface area contributed by atoms with E-state index in [2.05, 4.69) is 17.1 Å². The van der Waals surface area contributed by atoms with Gasteiger partial charge in [-0.05, 0) is 81.3 Å². The van der Waals surface area contributed by atoms with Gasteiger partial charge in [0.25, 0.3) is 5.91 Å². The molecule has 1 amide bonds. The van der Waals surface area contributed by atoms with Crippen molar-refractivity contribution < 1.29 is 19.1 Å². The summed E-state index contributed by atoms with van der Waals surface area (Å²) in [4.78, 5) is 41.4. The number of halogens is 2. The molecule has 0 atom stereocenters. The lowest BCUT2D eigenvalue weighted by atomic mass is 9.71. The van der Waals surface area contributed by atoms with Gasteiger partial charge in [-0.1, -0.05) is 35.3 Å². The fourth-order valence-corrected chi connectivity index (χ4v) is 6.62. The zero-order valence-corrected chi connectivity index (χ0v) is 24.0. The van der Waals surface area contributed by atoms with Crippen LogP contribution in [0.3, 0.4) is 0 Å². The molecule has 2 aromatic rings. The Bertz CT molecular complexity index is 1380. The first-order valence-electron chi connectivity index (χ1n) is 13.5. The van der Waals surface area contributed by atoms with Gasteiger partial charge in [0, 0.05) is 53.5 Å². The molecule has 0 radical (unpaired) electrons. The van der Waals surface area contributed by atoms with E-state index in [4.69, 9.17) is 27.9 Å². The van der Waals surface area contributed by atoms with Crippen molar-refractivity contribution in [2.45, 2.75) is 65.2 Å². The van der Waals surface area contributed by atoms with Gasteiger partial charge >= 0.3 is 0 Å². The number of ether oxygens (including phenoxy) is 1. The van der Waals surface area contributed by atoms with Crippen LogP contribution in [0.5, 0.6) is 5.75 Å². The fourth-order valence-electron chi connectivity index (χ4n) is 6.01. The molecular weight excluding hydrogens is 535 g/mol. The van der Waals surface area contributed by atoms with Gasteiger partial charge in [-0.15, -0.1) is 0 Å². The zero-order valence-electron chi connectivity index (χ0n) is 22.5. The summed E-state index contributed by atoms with van der Waals surface area (Å²) in [6, 6.07) is 9.26. The number of ketones is 2. The molecule has 8 heteroatoms. The number of hydrogen-bond acceptors (Lipinski definition) is 5. The quantitative estimate of drug-likeness (QED) is 0.405. The smallest absolute Gasteiger partial charge is 0.262 e. The van der Waals surface area contributed by atoms with E-state index >= 15 is 0 Å². The van der Waals surface area contributed by atoms with Crippen LogP contribution >= 0.6 is 23.2 Å². The highest BCUT2D eigenvalue weighted by atomic mass is 35.5. The summed E-state index contributed by atoms with van der Waals surface area (Å²) < 4.78 is 5.76. The molecule has 0 saturated heterocycles. The SMILES string of the molecule is CCN1C2=C(C(=O)CCC2)C(c2cc(Cl)c(OCC(=O)Nc3cc(C)ccc3C)c(Cl)c2)C2=C1CCCC2=O. The lowest BCUT2D eigenvalue weighted by Crippen LogP contribution is -2.39. The Balaban J connectivity index is 1.46. The Hall–Kier alpha value is -3.09. The predicted molar refractivity (Wildman–Crippen MR) is 153 cm³/mol. The van der Waals surface area contributed by atoms with E-state index in [1.165, 1.54) is 0 Å². The molecule has 1 aliphatic heterocycles. The molecule has 0 unspecified atom stereocenters. The van der Waals surface area contributed by atoms with Gasteiger partial charge in [0.15, 0.2) is 23.9 Å². The number of allylic oxidation sites excluding steroid dienone is 4. The van der Waals surface area contributed by atoms with Crippen molar-refractivity contribution in [3.63, 3.8) is 0 Å². The molecule has 39 heavy (non-hydrogen) atoms. The molecule has 2 aliphatic carbocycles. The molecule has 0 spiro atoms. The Morgan fingerprint density at radius 3 is 2.10 bits per heavy atom. The third kappa shape index (κ3) is 5.24. The van der Waals surface area contributed by atoms with Crippen molar-refractivity contribution in [2.24, 2.45) is 0 Å². The summed E-state index contributed by atoms with van der Waals surface area (Å²) in [5, 5.41) is 3.32. The van der Waals surface area contributed by atoms with Crippen LogP contribution in [0, 0.1) is 13.8 Å². The first-order chi connectivity index (χ1) is 18.7. The van der Waals surface area contributed by atoms with Crippen LogP contribution in [0.4, 0.5) is 5.69 Å².